The van der Waals surface area contributed by atoms with Crippen molar-refractivity contribution in [3.8, 4) is 0 Å². The smallest absolute Gasteiger partial charge is 0.132 e. The molecule has 1 aliphatic heterocycles. The summed E-state index contributed by atoms with van der Waals surface area (Å²) < 4.78 is 1.04. The molecule has 1 fully saturated rings. The number of hydrogen-bond donors (Lipinski definition) is 1. The number of hydrogen-bond acceptors (Lipinski definition) is 4. The molecule has 21 heavy (non-hydrogen) atoms. The van der Waals surface area contributed by atoms with Crippen molar-refractivity contribution in [3.63, 3.8) is 0 Å². The fraction of sp³-hybridized carbons (Fsp3) is 0.688. The van der Waals surface area contributed by atoms with E-state index in [9.17, 15) is 0 Å². The van der Waals surface area contributed by atoms with E-state index in [0.717, 1.165) is 29.9 Å². The molecule has 0 unspecified atom stereocenters. The van der Waals surface area contributed by atoms with Gasteiger partial charge in [0.1, 0.15) is 5.82 Å². The average molecular weight is 355 g/mol. The van der Waals surface area contributed by atoms with Crippen LogP contribution in [0.3, 0.4) is 0 Å². The molecule has 2 rings (SSSR count). The minimum absolute atomic E-state index is 0.478. The lowest BCUT2D eigenvalue weighted by atomic mass is 10.2. The zero-order valence-electron chi connectivity index (χ0n) is 13.4. The minimum atomic E-state index is 0.478. The minimum Gasteiger partial charge on any atom is -0.358 e. The summed E-state index contributed by atoms with van der Waals surface area (Å²) in [5.41, 5.74) is 1.25. The van der Waals surface area contributed by atoms with Crippen LogP contribution in [0.5, 0.6) is 0 Å². The lowest BCUT2D eigenvalue weighted by Gasteiger charge is -2.24. The maximum Gasteiger partial charge on any atom is 0.132 e. The molecule has 4 nitrogen and oxygen atoms in total. The van der Waals surface area contributed by atoms with E-state index >= 15 is 0 Å². The first-order chi connectivity index (χ1) is 10.1. The first-order valence-corrected chi connectivity index (χ1v) is 8.67. The van der Waals surface area contributed by atoms with Crippen molar-refractivity contribution in [1.29, 1.82) is 0 Å². The van der Waals surface area contributed by atoms with Gasteiger partial charge in [-0.15, -0.1) is 0 Å². The van der Waals surface area contributed by atoms with E-state index in [2.05, 4.69) is 63.0 Å². The molecular weight excluding hydrogens is 328 g/mol. The molecule has 0 radical (unpaired) electrons. The van der Waals surface area contributed by atoms with Crippen molar-refractivity contribution < 1.29 is 0 Å². The van der Waals surface area contributed by atoms with Gasteiger partial charge in [0, 0.05) is 49.0 Å². The van der Waals surface area contributed by atoms with E-state index in [0.29, 0.717) is 6.04 Å². The van der Waals surface area contributed by atoms with Crippen molar-refractivity contribution in [2.45, 2.75) is 39.3 Å². The number of pyridine rings is 1. The first kappa shape index (κ1) is 16.7. The fourth-order valence-corrected chi connectivity index (χ4v) is 3.04. The highest BCUT2D eigenvalue weighted by Crippen LogP contribution is 2.21. The van der Waals surface area contributed by atoms with Crippen LogP contribution in [0.15, 0.2) is 16.7 Å². The molecule has 1 aromatic heterocycles. The van der Waals surface area contributed by atoms with Gasteiger partial charge >= 0.3 is 0 Å². The van der Waals surface area contributed by atoms with E-state index in [1.54, 1.807) is 0 Å². The van der Waals surface area contributed by atoms with Crippen LogP contribution in [-0.2, 0) is 6.54 Å². The Morgan fingerprint density at radius 3 is 2.76 bits per heavy atom. The Hall–Kier alpha value is -0.650. The average Bonchev–Trinajstić information content (AvgIpc) is 2.96. The van der Waals surface area contributed by atoms with Gasteiger partial charge in [-0.1, -0.05) is 13.8 Å². The van der Waals surface area contributed by atoms with Gasteiger partial charge in [0.2, 0.25) is 0 Å². The zero-order valence-corrected chi connectivity index (χ0v) is 15.0. The Kier molecular flexibility index (Phi) is 6.45. The zero-order chi connectivity index (χ0) is 15.2. The molecule has 1 aliphatic rings. The number of halogens is 1. The Bertz CT molecular complexity index is 444. The van der Waals surface area contributed by atoms with E-state index in [1.807, 2.05) is 6.20 Å². The molecule has 0 aliphatic carbocycles. The standard InChI is InChI=1S/C16H27BrN4/c1-13(2)18-11-14-10-15(17)12-19-16(14)20(3)8-9-21-6-4-5-7-21/h10,12-13,18H,4-9,11H2,1-3H3. The first-order valence-electron chi connectivity index (χ1n) is 7.87. The van der Waals surface area contributed by atoms with Gasteiger partial charge in [-0.2, -0.15) is 0 Å². The maximum atomic E-state index is 4.62. The molecule has 0 bridgehead atoms. The van der Waals surface area contributed by atoms with Crippen LogP contribution < -0.4 is 10.2 Å². The van der Waals surface area contributed by atoms with Crippen molar-refractivity contribution in [2.24, 2.45) is 0 Å². The summed E-state index contributed by atoms with van der Waals surface area (Å²) >= 11 is 3.53. The number of aromatic nitrogens is 1. The van der Waals surface area contributed by atoms with Gasteiger partial charge in [0.05, 0.1) is 0 Å². The van der Waals surface area contributed by atoms with Gasteiger partial charge in [-0.05, 0) is 47.9 Å². The second-order valence-corrected chi connectivity index (χ2v) is 7.06. The summed E-state index contributed by atoms with van der Waals surface area (Å²) in [5, 5.41) is 3.48. The Labute approximate surface area is 137 Å². The highest BCUT2D eigenvalue weighted by molar-refractivity contribution is 9.10. The number of likely N-dealkylation sites (tertiary alicyclic amines) is 1. The number of nitrogens with one attached hydrogen (secondary N) is 1. The third-order valence-electron chi connectivity index (χ3n) is 3.92. The Morgan fingerprint density at radius 2 is 2.10 bits per heavy atom. The molecular formula is C16H27BrN4. The monoisotopic (exact) mass is 354 g/mol. The number of nitrogens with zero attached hydrogens (tertiary/aromatic N) is 3. The van der Waals surface area contributed by atoms with Gasteiger partial charge < -0.3 is 15.1 Å². The Balaban J connectivity index is 1.98. The quantitative estimate of drug-likeness (QED) is 0.815. The van der Waals surface area contributed by atoms with Crippen LogP contribution in [-0.4, -0.2) is 49.2 Å². The molecule has 118 valence electrons. The largest absolute Gasteiger partial charge is 0.358 e. The fourth-order valence-electron chi connectivity index (χ4n) is 2.67. The third-order valence-corrected chi connectivity index (χ3v) is 4.36. The topological polar surface area (TPSA) is 31.4 Å². The molecule has 0 amide bonds. The van der Waals surface area contributed by atoms with Crippen molar-refractivity contribution in [1.82, 2.24) is 15.2 Å². The van der Waals surface area contributed by atoms with Gasteiger partial charge in [-0.3, -0.25) is 0 Å². The number of rotatable bonds is 7. The second-order valence-electron chi connectivity index (χ2n) is 6.14. The summed E-state index contributed by atoms with van der Waals surface area (Å²) in [6.07, 6.45) is 4.59. The molecule has 5 heteroatoms. The molecule has 1 aromatic rings. The molecule has 0 aromatic carbocycles. The number of anilines is 1. The second kappa shape index (κ2) is 8.11. The lowest BCUT2D eigenvalue weighted by molar-refractivity contribution is 0.346. The van der Waals surface area contributed by atoms with Crippen LogP contribution in [0.25, 0.3) is 0 Å². The SMILES string of the molecule is CC(C)NCc1cc(Br)cnc1N(C)CCN1CCCC1. The van der Waals surface area contributed by atoms with Crippen LogP contribution in [0.1, 0.15) is 32.3 Å². The summed E-state index contributed by atoms with van der Waals surface area (Å²) in [5.74, 6) is 1.09. The third kappa shape index (κ3) is 5.24. The van der Waals surface area contributed by atoms with E-state index < -0.39 is 0 Å². The maximum absolute atomic E-state index is 4.62. The van der Waals surface area contributed by atoms with E-state index in [4.69, 9.17) is 0 Å². The predicted octanol–water partition coefficient (Wildman–Crippen LogP) is 2.87. The van der Waals surface area contributed by atoms with Crippen LogP contribution in [0.2, 0.25) is 0 Å². The predicted molar refractivity (Wildman–Crippen MR) is 92.9 cm³/mol. The van der Waals surface area contributed by atoms with Crippen molar-refractivity contribution in [2.75, 3.05) is 38.1 Å². The summed E-state index contributed by atoms with van der Waals surface area (Å²) in [6, 6.07) is 2.65. The van der Waals surface area contributed by atoms with Crippen molar-refractivity contribution in [3.05, 3.63) is 22.3 Å². The Morgan fingerprint density at radius 1 is 1.38 bits per heavy atom. The van der Waals surface area contributed by atoms with E-state index in [1.165, 1.54) is 31.5 Å². The van der Waals surface area contributed by atoms with Gasteiger partial charge in [-0.25, -0.2) is 4.98 Å². The highest BCUT2D eigenvalue weighted by atomic mass is 79.9. The van der Waals surface area contributed by atoms with E-state index in [-0.39, 0.29) is 0 Å². The molecule has 0 saturated carbocycles. The summed E-state index contributed by atoms with van der Waals surface area (Å²) in [4.78, 5) is 9.44. The van der Waals surface area contributed by atoms with Crippen LogP contribution >= 0.6 is 15.9 Å². The summed E-state index contributed by atoms with van der Waals surface area (Å²) in [7, 11) is 2.14. The molecule has 2 heterocycles. The lowest BCUT2D eigenvalue weighted by Crippen LogP contribution is -2.33. The van der Waals surface area contributed by atoms with Gasteiger partial charge in [0.15, 0.2) is 0 Å². The normalized spacial score (nSPS) is 15.9. The molecule has 1 N–H and O–H groups in total. The van der Waals surface area contributed by atoms with Gasteiger partial charge in [0.25, 0.3) is 0 Å². The molecule has 0 spiro atoms. The van der Waals surface area contributed by atoms with Crippen molar-refractivity contribution >= 4 is 21.7 Å². The number of likely N-dealkylation sites (N-methyl/N-ethyl adjacent to an activating group) is 1. The highest BCUT2D eigenvalue weighted by Gasteiger charge is 2.14. The molecule has 0 atom stereocenters. The summed E-state index contributed by atoms with van der Waals surface area (Å²) in [6.45, 7) is 9.86. The van der Waals surface area contributed by atoms with Crippen LogP contribution in [0, 0.1) is 0 Å². The van der Waals surface area contributed by atoms with Crippen LogP contribution in [0.4, 0.5) is 5.82 Å². The molecule has 1 saturated heterocycles.